The Hall–Kier alpha value is -3.85. The Labute approximate surface area is 210 Å². The fraction of sp³-hybridized carbons (Fsp3) is 0.192. The van der Waals surface area contributed by atoms with Gasteiger partial charge in [0.05, 0.1) is 17.6 Å². The first-order valence-corrected chi connectivity index (χ1v) is 11.7. The van der Waals surface area contributed by atoms with Crippen molar-refractivity contribution in [2.45, 2.75) is 26.4 Å². The number of phenolic OH excluding ortho intramolecular Hbond substituents is 2. The number of phenols is 2. The summed E-state index contributed by atoms with van der Waals surface area (Å²) < 4.78 is 5.82. The Bertz CT molecular complexity index is 1450. The van der Waals surface area contributed by atoms with Crippen LogP contribution in [0.25, 0.3) is 11.3 Å². The first kappa shape index (κ1) is 22.9. The van der Waals surface area contributed by atoms with Crippen LogP contribution in [0.4, 0.5) is 0 Å². The number of benzene rings is 2. The molecule has 3 heterocycles. The lowest BCUT2D eigenvalue weighted by Gasteiger charge is -2.27. The van der Waals surface area contributed by atoms with E-state index in [0.717, 1.165) is 16.7 Å². The second-order valence-corrected chi connectivity index (χ2v) is 9.44. The second-order valence-electron chi connectivity index (χ2n) is 8.59. The number of aromatic amines is 1. The van der Waals surface area contributed by atoms with Crippen LogP contribution in [0.2, 0.25) is 0 Å². The largest absolute Gasteiger partial charge is 0.507 e. The lowest BCUT2D eigenvalue weighted by atomic mass is 9.93. The van der Waals surface area contributed by atoms with Crippen LogP contribution >= 0.6 is 15.9 Å². The van der Waals surface area contributed by atoms with Crippen molar-refractivity contribution < 1.29 is 19.7 Å². The first-order chi connectivity index (χ1) is 16.8. The number of carbonyl (C=O) groups excluding carboxylic acids is 1. The number of H-pyrrole nitrogens is 1. The summed E-state index contributed by atoms with van der Waals surface area (Å²) in [6, 6.07) is 10.4. The van der Waals surface area contributed by atoms with E-state index in [0.29, 0.717) is 39.1 Å². The highest BCUT2D eigenvalue weighted by Crippen LogP contribution is 2.48. The number of aromatic nitrogens is 3. The van der Waals surface area contributed by atoms with Crippen molar-refractivity contribution in [1.82, 2.24) is 20.1 Å². The van der Waals surface area contributed by atoms with Gasteiger partial charge in [0.25, 0.3) is 5.91 Å². The number of rotatable bonds is 5. The van der Waals surface area contributed by atoms with Gasteiger partial charge in [0.15, 0.2) is 11.5 Å². The van der Waals surface area contributed by atoms with E-state index in [-0.39, 0.29) is 23.2 Å². The zero-order chi connectivity index (χ0) is 24.9. The van der Waals surface area contributed by atoms with Crippen molar-refractivity contribution in [3.8, 4) is 28.5 Å². The van der Waals surface area contributed by atoms with Gasteiger partial charge in [0, 0.05) is 30.1 Å². The lowest BCUT2D eigenvalue weighted by molar-refractivity contribution is 0.0729. The van der Waals surface area contributed by atoms with E-state index in [9.17, 15) is 15.0 Å². The highest BCUT2D eigenvalue weighted by atomic mass is 79.9. The molecule has 0 radical (unpaired) electrons. The third kappa shape index (κ3) is 3.81. The Morgan fingerprint density at radius 2 is 1.97 bits per heavy atom. The van der Waals surface area contributed by atoms with Gasteiger partial charge >= 0.3 is 0 Å². The molecular formula is C26H23BrN4O4. The molecule has 2 aromatic heterocycles. The number of hydrogen-bond acceptors (Lipinski definition) is 6. The van der Waals surface area contributed by atoms with Gasteiger partial charge in [0.1, 0.15) is 17.1 Å². The molecule has 0 saturated heterocycles. The van der Waals surface area contributed by atoms with Crippen LogP contribution in [0.5, 0.6) is 17.2 Å². The molecule has 178 valence electrons. The molecule has 3 N–H and O–H groups in total. The third-order valence-corrected chi connectivity index (χ3v) is 6.83. The number of carbonyl (C=O) groups is 1. The molecule has 0 spiro atoms. The van der Waals surface area contributed by atoms with Gasteiger partial charge in [0.2, 0.25) is 0 Å². The van der Waals surface area contributed by atoms with Gasteiger partial charge in [-0.2, -0.15) is 5.10 Å². The van der Waals surface area contributed by atoms with Crippen molar-refractivity contribution in [2.24, 2.45) is 0 Å². The molecule has 1 aliphatic heterocycles. The van der Waals surface area contributed by atoms with E-state index in [1.54, 1.807) is 29.4 Å². The van der Waals surface area contributed by atoms with Crippen LogP contribution in [-0.4, -0.2) is 43.3 Å². The zero-order valence-electron chi connectivity index (χ0n) is 19.3. The molecule has 9 heteroatoms. The maximum Gasteiger partial charge on any atom is 0.273 e. The number of nitrogens with zero attached hydrogens (tertiary/aromatic N) is 3. The molecular weight excluding hydrogens is 512 g/mol. The third-order valence-electron chi connectivity index (χ3n) is 6.23. The summed E-state index contributed by atoms with van der Waals surface area (Å²) in [5, 5.41) is 28.7. The number of ether oxygens (including phenoxy) is 1. The van der Waals surface area contributed by atoms with E-state index >= 15 is 0 Å². The van der Waals surface area contributed by atoms with Crippen LogP contribution in [0, 0.1) is 13.8 Å². The number of nitrogens with one attached hydrogen (secondary N) is 1. The van der Waals surface area contributed by atoms with Crippen LogP contribution in [0.3, 0.4) is 0 Å². The number of aromatic hydroxyl groups is 2. The minimum absolute atomic E-state index is 0.0287. The minimum Gasteiger partial charge on any atom is -0.507 e. The summed E-state index contributed by atoms with van der Waals surface area (Å²) in [7, 11) is 1.47. The monoisotopic (exact) mass is 534 g/mol. The maximum atomic E-state index is 13.6. The molecule has 4 aromatic rings. The van der Waals surface area contributed by atoms with Crippen molar-refractivity contribution in [3.05, 3.63) is 86.8 Å². The van der Waals surface area contributed by atoms with Gasteiger partial charge < -0.3 is 19.8 Å². The van der Waals surface area contributed by atoms with Crippen molar-refractivity contribution >= 4 is 21.8 Å². The van der Waals surface area contributed by atoms with Crippen LogP contribution in [0.15, 0.2) is 53.3 Å². The average Bonchev–Trinajstić information content (AvgIpc) is 3.38. The summed E-state index contributed by atoms with van der Waals surface area (Å²) >= 11 is 3.40. The second kappa shape index (κ2) is 8.74. The predicted octanol–water partition coefficient (Wildman–Crippen LogP) is 5.02. The van der Waals surface area contributed by atoms with Crippen molar-refractivity contribution in [1.29, 1.82) is 0 Å². The zero-order valence-corrected chi connectivity index (χ0v) is 20.9. The smallest absolute Gasteiger partial charge is 0.273 e. The summed E-state index contributed by atoms with van der Waals surface area (Å²) in [5.41, 5.74) is 5.33. The molecule has 0 aliphatic carbocycles. The number of amides is 1. The quantitative estimate of drug-likeness (QED) is 0.331. The topological polar surface area (TPSA) is 112 Å². The lowest BCUT2D eigenvalue weighted by Crippen LogP contribution is -2.29. The molecule has 2 aromatic carbocycles. The predicted molar refractivity (Wildman–Crippen MR) is 133 cm³/mol. The molecule has 0 saturated carbocycles. The van der Waals surface area contributed by atoms with E-state index in [1.165, 1.54) is 7.11 Å². The number of pyridine rings is 1. The molecule has 35 heavy (non-hydrogen) atoms. The molecule has 0 unspecified atom stereocenters. The van der Waals surface area contributed by atoms with Crippen LogP contribution < -0.4 is 4.74 Å². The Morgan fingerprint density at radius 3 is 2.69 bits per heavy atom. The van der Waals surface area contributed by atoms with Crippen molar-refractivity contribution in [2.75, 3.05) is 7.11 Å². The minimum atomic E-state index is -0.558. The van der Waals surface area contributed by atoms with Crippen LogP contribution in [0.1, 0.15) is 44.3 Å². The van der Waals surface area contributed by atoms with Gasteiger partial charge in [-0.25, -0.2) is 0 Å². The Balaban J connectivity index is 1.74. The van der Waals surface area contributed by atoms with E-state index in [2.05, 4.69) is 31.1 Å². The molecule has 1 aliphatic rings. The average molecular weight is 535 g/mol. The van der Waals surface area contributed by atoms with E-state index in [4.69, 9.17) is 4.74 Å². The summed E-state index contributed by atoms with van der Waals surface area (Å²) in [4.78, 5) is 19.5. The summed E-state index contributed by atoms with van der Waals surface area (Å²) in [5.74, 6) is 0.140. The van der Waals surface area contributed by atoms with Crippen LogP contribution in [-0.2, 0) is 6.54 Å². The van der Waals surface area contributed by atoms with Crippen molar-refractivity contribution in [3.63, 3.8) is 0 Å². The fourth-order valence-corrected chi connectivity index (χ4v) is 5.11. The van der Waals surface area contributed by atoms with E-state index < -0.39 is 6.04 Å². The molecule has 8 nitrogen and oxygen atoms in total. The standard InChI is InChI=1S/C26H23BrN4O4/c1-13-7-14(2)24(32)17(8-13)21-20-22(30-29-21)26(34)31(12-15-5-4-6-28-11-15)23(20)16-9-18(27)25(33)19(10-16)35-3/h4-11,23,32-33H,12H2,1-3H3,(H,29,30)/t23-/m1/s1. The SMILES string of the molecule is COc1cc([C@@H]2c3c(-c4cc(C)cc(C)c4O)n[nH]c3C(=O)N2Cc2cccnc2)cc(Br)c1O. The number of methoxy groups -OCH3 is 1. The molecule has 0 fully saturated rings. The normalized spacial score (nSPS) is 14.9. The van der Waals surface area contributed by atoms with Gasteiger partial charge in [-0.3, -0.25) is 14.9 Å². The fourth-order valence-electron chi connectivity index (χ4n) is 4.65. The van der Waals surface area contributed by atoms with E-state index in [1.807, 2.05) is 38.1 Å². The number of halogens is 1. The molecule has 5 rings (SSSR count). The van der Waals surface area contributed by atoms with Gasteiger partial charge in [-0.15, -0.1) is 0 Å². The first-order valence-electron chi connectivity index (χ1n) is 10.9. The molecule has 1 amide bonds. The molecule has 0 bridgehead atoms. The Morgan fingerprint density at radius 1 is 1.17 bits per heavy atom. The highest BCUT2D eigenvalue weighted by molar-refractivity contribution is 9.10. The highest BCUT2D eigenvalue weighted by Gasteiger charge is 2.43. The number of fused-ring (bicyclic) bond motifs is 1. The maximum absolute atomic E-state index is 13.6. The van der Waals surface area contributed by atoms with Gasteiger partial charge in [-0.1, -0.05) is 12.1 Å². The summed E-state index contributed by atoms with van der Waals surface area (Å²) in [6.45, 7) is 4.08. The number of hydrogen-bond donors (Lipinski definition) is 3. The Kier molecular flexibility index (Phi) is 5.72. The summed E-state index contributed by atoms with van der Waals surface area (Å²) in [6.07, 6.45) is 3.40. The molecule has 1 atom stereocenters. The number of aryl methyl sites for hydroxylation is 2. The van der Waals surface area contributed by atoms with Gasteiger partial charge in [-0.05, 0) is 76.3 Å².